The molecule has 1 aliphatic carbocycles. The van der Waals surface area contributed by atoms with Crippen molar-refractivity contribution in [2.45, 2.75) is 83.5 Å². The Hall–Kier alpha value is -0.120. The summed E-state index contributed by atoms with van der Waals surface area (Å²) in [6.45, 7) is 9.39. The molecule has 3 nitrogen and oxygen atoms in total. The molecule has 0 bridgehead atoms. The third-order valence-electron chi connectivity index (χ3n) is 5.32. The molecule has 4 atom stereocenters. The van der Waals surface area contributed by atoms with Crippen molar-refractivity contribution in [2.24, 2.45) is 5.92 Å². The van der Waals surface area contributed by atoms with E-state index in [0.29, 0.717) is 12.1 Å². The van der Waals surface area contributed by atoms with E-state index in [9.17, 15) is 0 Å². The van der Waals surface area contributed by atoms with Gasteiger partial charge in [0.1, 0.15) is 0 Å². The maximum Gasteiger partial charge on any atom is 0.0586 e. The summed E-state index contributed by atoms with van der Waals surface area (Å²) in [5.74, 6) is 0.724. The van der Waals surface area contributed by atoms with Crippen LogP contribution in [0.3, 0.4) is 0 Å². The number of hydrogen-bond donors (Lipinski definition) is 1. The van der Waals surface area contributed by atoms with E-state index in [0.717, 1.165) is 18.0 Å². The monoisotopic (exact) mass is 282 g/mol. The minimum Gasteiger partial charge on any atom is -0.381 e. The van der Waals surface area contributed by atoms with Crippen LogP contribution >= 0.6 is 0 Å². The minimum absolute atomic E-state index is 0.489. The van der Waals surface area contributed by atoms with Crippen LogP contribution in [0.1, 0.15) is 59.3 Å². The third-order valence-corrected chi connectivity index (χ3v) is 5.32. The molecule has 1 aliphatic heterocycles. The van der Waals surface area contributed by atoms with Crippen molar-refractivity contribution < 1.29 is 4.74 Å². The zero-order valence-corrected chi connectivity index (χ0v) is 13.9. The van der Waals surface area contributed by atoms with Gasteiger partial charge in [-0.15, -0.1) is 0 Å². The van der Waals surface area contributed by atoms with Gasteiger partial charge < -0.3 is 10.1 Å². The number of ether oxygens (including phenoxy) is 1. The molecule has 2 rings (SSSR count). The first-order valence-electron chi connectivity index (χ1n) is 8.67. The zero-order chi connectivity index (χ0) is 14.5. The van der Waals surface area contributed by atoms with E-state index >= 15 is 0 Å². The molecule has 1 N–H and O–H groups in total. The van der Waals surface area contributed by atoms with Crippen LogP contribution in [0.25, 0.3) is 0 Å². The molecule has 118 valence electrons. The van der Waals surface area contributed by atoms with E-state index in [1.807, 2.05) is 7.11 Å². The number of rotatable bonds is 5. The minimum atomic E-state index is 0.489. The van der Waals surface area contributed by atoms with Gasteiger partial charge in [-0.1, -0.05) is 27.2 Å². The van der Waals surface area contributed by atoms with Gasteiger partial charge in [-0.2, -0.15) is 0 Å². The van der Waals surface area contributed by atoms with Gasteiger partial charge in [0.25, 0.3) is 0 Å². The van der Waals surface area contributed by atoms with Gasteiger partial charge in [-0.3, -0.25) is 4.90 Å². The first-order chi connectivity index (χ1) is 9.65. The standard InChI is InChI=1S/C17H34N2O/c1-5-7-15-11-18-17(13(2)3)12-19(15)14-8-6-9-16(10-14)20-4/h13-18H,5-12H2,1-4H3. The third kappa shape index (κ3) is 3.96. The summed E-state index contributed by atoms with van der Waals surface area (Å²) in [5.41, 5.74) is 0. The molecule has 0 aromatic carbocycles. The van der Waals surface area contributed by atoms with E-state index < -0.39 is 0 Å². The Morgan fingerprint density at radius 1 is 1.30 bits per heavy atom. The highest BCUT2D eigenvalue weighted by Gasteiger charge is 2.35. The van der Waals surface area contributed by atoms with Gasteiger partial charge in [0.15, 0.2) is 0 Å². The van der Waals surface area contributed by atoms with Gasteiger partial charge >= 0.3 is 0 Å². The SMILES string of the molecule is CCCC1CNC(C(C)C)CN1C1CCCC(OC)C1. The predicted octanol–water partition coefficient (Wildman–Crippen LogP) is 3.04. The molecule has 20 heavy (non-hydrogen) atoms. The summed E-state index contributed by atoms with van der Waals surface area (Å²) in [6, 6.07) is 2.13. The van der Waals surface area contributed by atoms with Gasteiger partial charge in [-0.25, -0.2) is 0 Å². The number of nitrogens with zero attached hydrogens (tertiary/aromatic N) is 1. The molecule has 3 heteroatoms. The molecular formula is C17H34N2O. The second kappa shape index (κ2) is 7.77. The van der Waals surface area contributed by atoms with Crippen LogP contribution in [-0.4, -0.2) is 49.3 Å². The lowest BCUT2D eigenvalue weighted by Crippen LogP contribution is -2.61. The topological polar surface area (TPSA) is 24.5 Å². The molecule has 0 aromatic rings. The van der Waals surface area contributed by atoms with E-state index in [2.05, 4.69) is 31.0 Å². The van der Waals surface area contributed by atoms with Gasteiger partial charge in [0, 0.05) is 38.3 Å². The fourth-order valence-electron chi connectivity index (χ4n) is 3.98. The highest BCUT2D eigenvalue weighted by Crippen LogP contribution is 2.29. The molecule has 0 aromatic heterocycles. The Morgan fingerprint density at radius 3 is 2.75 bits per heavy atom. The number of piperazine rings is 1. The zero-order valence-electron chi connectivity index (χ0n) is 13.9. The Morgan fingerprint density at radius 2 is 2.10 bits per heavy atom. The first kappa shape index (κ1) is 16.3. The normalized spacial score (nSPS) is 36.5. The maximum absolute atomic E-state index is 5.64. The van der Waals surface area contributed by atoms with E-state index in [1.165, 1.54) is 51.6 Å². The lowest BCUT2D eigenvalue weighted by molar-refractivity contribution is -0.00547. The molecular weight excluding hydrogens is 248 g/mol. The van der Waals surface area contributed by atoms with Crippen molar-refractivity contribution in [1.82, 2.24) is 10.2 Å². The average Bonchev–Trinajstić information content (AvgIpc) is 2.48. The molecule has 4 unspecified atom stereocenters. The summed E-state index contributed by atoms with van der Waals surface area (Å²) in [6.07, 6.45) is 8.29. The molecule has 2 fully saturated rings. The number of nitrogens with one attached hydrogen (secondary N) is 1. The highest BCUT2D eigenvalue weighted by molar-refractivity contribution is 4.93. The Labute approximate surface area is 125 Å². The van der Waals surface area contributed by atoms with Crippen LogP contribution in [0.2, 0.25) is 0 Å². The number of methoxy groups -OCH3 is 1. The summed E-state index contributed by atoms with van der Waals surface area (Å²) < 4.78 is 5.64. The van der Waals surface area contributed by atoms with E-state index in [-0.39, 0.29) is 0 Å². The molecule has 0 spiro atoms. The van der Waals surface area contributed by atoms with Crippen LogP contribution in [0.15, 0.2) is 0 Å². The van der Waals surface area contributed by atoms with Gasteiger partial charge in [0.2, 0.25) is 0 Å². The van der Waals surface area contributed by atoms with Crippen molar-refractivity contribution in [3.05, 3.63) is 0 Å². The van der Waals surface area contributed by atoms with Crippen LogP contribution in [0, 0.1) is 5.92 Å². The number of hydrogen-bond acceptors (Lipinski definition) is 3. The van der Waals surface area contributed by atoms with Crippen molar-refractivity contribution in [2.75, 3.05) is 20.2 Å². The second-order valence-electron chi connectivity index (χ2n) is 7.08. The Bertz CT molecular complexity index is 282. The van der Waals surface area contributed by atoms with Crippen molar-refractivity contribution in [1.29, 1.82) is 0 Å². The quantitative estimate of drug-likeness (QED) is 0.839. The van der Waals surface area contributed by atoms with Crippen molar-refractivity contribution in [3.63, 3.8) is 0 Å². The fraction of sp³-hybridized carbons (Fsp3) is 1.00. The Kier molecular flexibility index (Phi) is 6.31. The summed E-state index contributed by atoms with van der Waals surface area (Å²) in [4.78, 5) is 2.83. The largest absolute Gasteiger partial charge is 0.381 e. The van der Waals surface area contributed by atoms with Gasteiger partial charge in [-0.05, 0) is 38.0 Å². The van der Waals surface area contributed by atoms with E-state index in [1.54, 1.807) is 0 Å². The summed E-state index contributed by atoms with van der Waals surface area (Å²) >= 11 is 0. The molecule has 1 saturated heterocycles. The summed E-state index contributed by atoms with van der Waals surface area (Å²) in [5, 5.41) is 3.77. The lowest BCUT2D eigenvalue weighted by Gasteiger charge is -2.48. The highest BCUT2D eigenvalue weighted by atomic mass is 16.5. The summed E-state index contributed by atoms with van der Waals surface area (Å²) in [7, 11) is 1.88. The van der Waals surface area contributed by atoms with Crippen molar-refractivity contribution >= 4 is 0 Å². The molecule has 0 radical (unpaired) electrons. The lowest BCUT2D eigenvalue weighted by atomic mass is 9.88. The predicted molar refractivity (Wildman–Crippen MR) is 85.1 cm³/mol. The fourth-order valence-corrected chi connectivity index (χ4v) is 3.98. The average molecular weight is 282 g/mol. The van der Waals surface area contributed by atoms with Crippen LogP contribution < -0.4 is 5.32 Å². The van der Waals surface area contributed by atoms with Crippen LogP contribution in [0.5, 0.6) is 0 Å². The smallest absolute Gasteiger partial charge is 0.0586 e. The van der Waals surface area contributed by atoms with Gasteiger partial charge in [0.05, 0.1) is 6.10 Å². The molecule has 1 saturated carbocycles. The molecule has 1 heterocycles. The van der Waals surface area contributed by atoms with E-state index in [4.69, 9.17) is 4.74 Å². The maximum atomic E-state index is 5.64. The second-order valence-corrected chi connectivity index (χ2v) is 7.08. The molecule has 2 aliphatic rings. The van der Waals surface area contributed by atoms with Crippen LogP contribution in [0.4, 0.5) is 0 Å². The first-order valence-corrected chi connectivity index (χ1v) is 8.67. The Balaban J connectivity index is 2.02. The molecule has 0 amide bonds. The van der Waals surface area contributed by atoms with Crippen molar-refractivity contribution in [3.8, 4) is 0 Å². The van der Waals surface area contributed by atoms with Crippen LogP contribution in [-0.2, 0) is 4.74 Å².